The molecule has 1 aliphatic heterocycles. The SMILES string of the molecule is CCC(CC)(CNC)CN1CCC(C(F)(F)F)C1. The molecular weight excluding hydrogens is 241 g/mol. The lowest BCUT2D eigenvalue weighted by molar-refractivity contribution is -0.170. The second kappa shape index (κ2) is 6.24. The quantitative estimate of drug-likeness (QED) is 0.795. The van der Waals surface area contributed by atoms with Crippen LogP contribution in [0.2, 0.25) is 0 Å². The number of rotatable bonds is 6. The molecule has 0 aromatic rings. The van der Waals surface area contributed by atoms with Gasteiger partial charge in [0.1, 0.15) is 0 Å². The van der Waals surface area contributed by atoms with Crippen molar-refractivity contribution in [2.45, 2.75) is 39.3 Å². The fourth-order valence-electron chi connectivity index (χ4n) is 2.87. The highest BCUT2D eigenvalue weighted by Crippen LogP contribution is 2.36. The van der Waals surface area contributed by atoms with Crippen LogP contribution in [-0.4, -0.2) is 44.3 Å². The third-order valence-corrected chi connectivity index (χ3v) is 4.35. The van der Waals surface area contributed by atoms with Crippen LogP contribution in [-0.2, 0) is 0 Å². The number of nitrogens with one attached hydrogen (secondary N) is 1. The Morgan fingerprint density at radius 3 is 2.22 bits per heavy atom. The number of likely N-dealkylation sites (tertiary alicyclic amines) is 1. The van der Waals surface area contributed by atoms with E-state index in [9.17, 15) is 13.2 Å². The molecule has 1 saturated heterocycles. The van der Waals surface area contributed by atoms with Crippen molar-refractivity contribution in [1.82, 2.24) is 10.2 Å². The Hall–Kier alpha value is -0.290. The molecule has 1 fully saturated rings. The van der Waals surface area contributed by atoms with Crippen molar-refractivity contribution in [3.05, 3.63) is 0 Å². The molecule has 18 heavy (non-hydrogen) atoms. The average molecular weight is 266 g/mol. The Morgan fingerprint density at radius 2 is 1.83 bits per heavy atom. The molecule has 1 heterocycles. The van der Waals surface area contributed by atoms with E-state index >= 15 is 0 Å². The number of nitrogens with zero attached hydrogens (tertiary/aromatic N) is 1. The van der Waals surface area contributed by atoms with Crippen LogP contribution in [0.25, 0.3) is 0 Å². The van der Waals surface area contributed by atoms with Crippen LogP contribution >= 0.6 is 0 Å². The highest BCUT2D eigenvalue weighted by Gasteiger charge is 2.44. The molecule has 0 aromatic heterocycles. The van der Waals surface area contributed by atoms with Gasteiger partial charge in [-0.25, -0.2) is 0 Å². The minimum absolute atomic E-state index is 0.106. The van der Waals surface area contributed by atoms with E-state index in [1.54, 1.807) is 0 Å². The summed E-state index contributed by atoms with van der Waals surface area (Å²) < 4.78 is 37.9. The monoisotopic (exact) mass is 266 g/mol. The first-order valence-electron chi connectivity index (χ1n) is 6.80. The van der Waals surface area contributed by atoms with Crippen molar-refractivity contribution in [2.24, 2.45) is 11.3 Å². The lowest BCUT2D eigenvalue weighted by Gasteiger charge is -2.35. The first-order valence-corrected chi connectivity index (χ1v) is 6.80. The Balaban J connectivity index is 2.57. The van der Waals surface area contributed by atoms with E-state index < -0.39 is 12.1 Å². The zero-order valence-electron chi connectivity index (χ0n) is 11.6. The average Bonchev–Trinajstić information content (AvgIpc) is 2.76. The predicted octanol–water partition coefficient (Wildman–Crippen LogP) is 2.90. The molecule has 2 nitrogen and oxygen atoms in total. The van der Waals surface area contributed by atoms with Crippen molar-refractivity contribution in [3.8, 4) is 0 Å². The molecule has 108 valence electrons. The first-order chi connectivity index (χ1) is 8.37. The van der Waals surface area contributed by atoms with Crippen LogP contribution in [0.1, 0.15) is 33.1 Å². The van der Waals surface area contributed by atoms with Crippen molar-refractivity contribution >= 4 is 0 Å². The molecule has 0 aromatic carbocycles. The zero-order valence-corrected chi connectivity index (χ0v) is 11.6. The third-order valence-electron chi connectivity index (χ3n) is 4.35. The van der Waals surface area contributed by atoms with Crippen LogP contribution in [0.3, 0.4) is 0 Å². The Labute approximate surface area is 108 Å². The maximum absolute atomic E-state index is 12.6. The molecule has 0 radical (unpaired) electrons. The van der Waals surface area contributed by atoms with Gasteiger partial charge in [0.05, 0.1) is 5.92 Å². The highest BCUT2D eigenvalue weighted by molar-refractivity contribution is 4.87. The second-order valence-electron chi connectivity index (χ2n) is 5.50. The standard InChI is InChI=1S/C13H25F3N2/c1-4-12(5-2,9-17-3)10-18-7-6-11(8-18)13(14,15)16/h11,17H,4-10H2,1-3H3. The Morgan fingerprint density at radius 1 is 1.22 bits per heavy atom. The van der Waals surface area contributed by atoms with E-state index in [0.717, 1.165) is 25.9 Å². The minimum Gasteiger partial charge on any atom is -0.319 e. The molecule has 0 aliphatic carbocycles. The summed E-state index contributed by atoms with van der Waals surface area (Å²) in [5.41, 5.74) is 0.106. The van der Waals surface area contributed by atoms with Crippen molar-refractivity contribution < 1.29 is 13.2 Å². The van der Waals surface area contributed by atoms with Crippen molar-refractivity contribution in [1.29, 1.82) is 0 Å². The van der Waals surface area contributed by atoms with E-state index in [0.29, 0.717) is 6.54 Å². The Kier molecular flexibility index (Phi) is 5.46. The van der Waals surface area contributed by atoms with Gasteiger partial charge in [0.2, 0.25) is 0 Å². The van der Waals surface area contributed by atoms with E-state index in [-0.39, 0.29) is 18.4 Å². The molecule has 1 N–H and O–H groups in total. The van der Waals surface area contributed by atoms with Crippen LogP contribution < -0.4 is 5.32 Å². The van der Waals surface area contributed by atoms with E-state index in [1.165, 1.54) is 0 Å². The summed E-state index contributed by atoms with van der Waals surface area (Å²) in [5, 5.41) is 3.18. The van der Waals surface area contributed by atoms with Crippen molar-refractivity contribution in [3.63, 3.8) is 0 Å². The topological polar surface area (TPSA) is 15.3 Å². The van der Waals surface area contributed by atoms with Gasteiger partial charge in [-0.15, -0.1) is 0 Å². The molecule has 1 unspecified atom stereocenters. The lowest BCUT2D eigenvalue weighted by Crippen LogP contribution is -2.42. The summed E-state index contributed by atoms with van der Waals surface area (Å²) in [5.74, 6) is -1.13. The van der Waals surface area contributed by atoms with E-state index in [4.69, 9.17) is 0 Å². The van der Waals surface area contributed by atoms with Crippen molar-refractivity contribution in [2.75, 3.05) is 33.2 Å². The van der Waals surface area contributed by atoms with Crippen LogP contribution in [0.15, 0.2) is 0 Å². The van der Waals surface area contributed by atoms with Crippen LogP contribution in [0, 0.1) is 11.3 Å². The van der Waals surface area contributed by atoms with E-state index in [2.05, 4.69) is 19.2 Å². The van der Waals surface area contributed by atoms with Crippen LogP contribution in [0.5, 0.6) is 0 Å². The van der Waals surface area contributed by atoms with Gasteiger partial charge in [0, 0.05) is 19.6 Å². The van der Waals surface area contributed by atoms with Gasteiger partial charge < -0.3 is 10.2 Å². The smallest absolute Gasteiger partial charge is 0.319 e. The molecule has 0 bridgehead atoms. The molecule has 0 amide bonds. The maximum atomic E-state index is 12.6. The van der Waals surface area contributed by atoms with Gasteiger partial charge in [-0.1, -0.05) is 13.8 Å². The zero-order chi connectivity index (χ0) is 13.8. The molecule has 1 atom stereocenters. The summed E-state index contributed by atoms with van der Waals surface area (Å²) in [4.78, 5) is 1.99. The molecular formula is C13H25F3N2. The number of alkyl halides is 3. The van der Waals surface area contributed by atoms with Gasteiger partial charge in [-0.2, -0.15) is 13.2 Å². The maximum Gasteiger partial charge on any atom is 0.393 e. The largest absolute Gasteiger partial charge is 0.393 e. The van der Waals surface area contributed by atoms with Gasteiger partial charge in [0.15, 0.2) is 0 Å². The molecule has 5 heteroatoms. The summed E-state index contributed by atoms with van der Waals surface area (Å²) in [6.07, 6.45) is -1.78. The molecule has 1 rings (SSSR count). The fraction of sp³-hybridized carbons (Fsp3) is 1.00. The molecule has 0 spiro atoms. The van der Waals surface area contributed by atoms with Gasteiger partial charge in [-0.05, 0) is 38.3 Å². The number of halogens is 3. The number of hydrogen-bond donors (Lipinski definition) is 1. The highest BCUT2D eigenvalue weighted by atomic mass is 19.4. The first kappa shape index (κ1) is 15.8. The van der Waals surface area contributed by atoms with E-state index in [1.807, 2.05) is 11.9 Å². The lowest BCUT2D eigenvalue weighted by atomic mass is 9.81. The third kappa shape index (κ3) is 3.85. The molecule has 0 saturated carbocycles. The normalized spacial score (nSPS) is 22.7. The summed E-state index contributed by atoms with van der Waals surface area (Å²) in [6.45, 7) is 6.64. The second-order valence-corrected chi connectivity index (χ2v) is 5.50. The van der Waals surface area contributed by atoms with Gasteiger partial charge in [0.25, 0.3) is 0 Å². The summed E-state index contributed by atoms with van der Waals surface area (Å²) in [6, 6.07) is 0. The summed E-state index contributed by atoms with van der Waals surface area (Å²) >= 11 is 0. The van der Waals surface area contributed by atoms with Crippen LogP contribution in [0.4, 0.5) is 13.2 Å². The number of hydrogen-bond acceptors (Lipinski definition) is 2. The summed E-state index contributed by atoms with van der Waals surface area (Å²) in [7, 11) is 1.91. The van der Waals surface area contributed by atoms with Gasteiger partial charge >= 0.3 is 6.18 Å². The predicted molar refractivity (Wildman–Crippen MR) is 67.5 cm³/mol. The molecule has 1 aliphatic rings. The van der Waals surface area contributed by atoms with Gasteiger partial charge in [-0.3, -0.25) is 0 Å². The Bertz CT molecular complexity index is 249. The fourth-order valence-corrected chi connectivity index (χ4v) is 2.87. The minimum atomic E-state index is -4.03.